The number of hydrogen-bond acceptors (Lipinski definition) is 2. The molecule has 0 bridgehead atoms. The first-order valence-corrected chi connectivity index (χ1v) is 8.23. The lowest BCUT2D eigenvalue weighted by atomic mass is 9.90. The number of nitrogens with zero attached hydrogens (tertiary/aromatic N) is 1. The van der Waals surface area contributed by atoms with Crippen molar-refractivity contribution >= 4 is 0 Å². The molecular formula is C18H31NO. The standard InChI is InChI=1S/C18H31NO/c1-15(2)6-4-7-16(3)9-13-19-12-5-8-17(14-19)18(20)10-11-18/h6,9,17,20H,4-5,7-8,10-14H2,1-3H3/b16-9+. The molecule has 0 amide bonds. The van der Waals surface area contributed by atoms with Gasteiger partial charge in [-0.3, -0.25) is 4.90 Å². The number of allylic oxidation sites excluding steroid dienone is 3. The molecule has 1 unspecified atom stereocenters. The lowest BCUT2D eigenvalue weighted by molar-refractivity contribution is 0.0349. The van der Waals surface area contributed by atoms with Gasteiger partial charge in [-0.05, 0) is 65.8 Å². The average Bonchev–Trinajstić information content (AvgIpc) is 3.16. The third-order valence-corrected chi connectivity index (χ3v) is 4.82. The highest BCUT2D eigenvalue weighted by molar-refractivity contribution is 5.05. The number of hydrogen-bond donors (Lipinski definition) is 1. The maximum absolute atomic E-state index is 10.3. The molecule has 2 fully saturated rings. The van der Waals surface area contributed by atoms with Crippen molar-refractivity contribution in [2.75, 3.05) is 19.6 Å². The molecule has 1 aliphatic heterocycles. The van der Waals surface area contributed by atoms with E-state index in [4.69, 9.17) is 0 Å². The Morgan fingerprint density at radius 2 is 2.00 bits per heavy atom. The number of likely N-dealkylation sites (tertiary alicyclic amines) is 1. The van der Waals surface area contributed by atoms with E-state index in [0.717, 1.165) is 32.4 Å². The van der Waals surface area contributed by atoms with Gasteiger partial charge >= 0.3 is 0 Å². The van der Waals surface area contributed by atoms with Crippen LogP contribution in [0.4, 0.5) is 0 Å². The van der Waals surface area contributed by atoms with Crippen LogP contribution >= 0.6 is 0 Å². The highest BCUT2D eigenvalue weighted by Gasteiger charge is 2.48. The zero-order valence-corrected chi connectivity index (χ0v) is 13.5. The van der Waals surface area contributed by atoms with E-state index >= 15 is 0 Å². The predicted molar refractivity (Wildman–Crippen MR) is 85.8 cm³/mol. The highest BCUT2D eigenvalue weighted by Crippen LogP contribution is 2.45. The summed E-state index contributed by atoms with van der Waals surface area (Å²) in [6, 6.07) is 0. The smallest absolute Gasteiger partial charge is 0.0690 e. The number of piperidine rings is 1. The van der Waals surface area contributed by atoms with Crippen molar-refractivity contribution in [2.24, 2.45) is 5.92 Å². The van der Waals surface area contributed by atoms with Crippen molar-refractivity contribution in [3.63, 3.8) is 0 Å². The van der Waals surface area contributed by atoms with Gasteiger partial charge in [0.25, 0.3) is 0 Å². The fourth-order valence-corrected chi connectivity index (χ4v) is 3.17. The van der Waals surface area contributed by atoms with E-state index in [0.29, 0.717) is 5.92 Å². The van der Waals surface area contributed by atoms with Crippen LogP contribution in [-0.4, -0.2) is 35.2 Å². The van der Waals surface area contributed by atoms with Crippen molar-refractivity contribution in [1.29, 1.82) is 0 Å². The Labute approximate surface area is 124 Å². The minimum Gasteiger partial charge on any atom is -0.390 e. The van der Waals surface area contributed by atoms with Gasteiger partial charge in [0.15, 0.2) is 0 Å². The summed E-state index contributed by atoms with van der Waals surface area (Å²) < 4.78 is 0. The Bertz CT molecular complexity index is 375. The molecule has 0 radical (unpaired) electrons. The quantitative estimate of drug-likeness (QED) is 0.744. The molecule has 1 saturated carbocycles. The molecule has 0 aromatic carbocycles. The molecule has 1 heterocycles. The maximum atomic E-state index is 10.3. The summed E-state index contributed by atoms with van der Waals surface area (Å²) in [6.45, 7) is 9.92. The molecule has 1 N–H and O–H groups in total. The Kier molecular flexibility index (Phi) is 5.45. The van der Waals surface area contributed by atoms with Crippen molar-refractivity contribution in [3.8, 4) is 0 Å². The first-order chi connectivity index (χ1) is 9.49. The van der Waals surface area contributed by atoms with Crippen molar-refractivity contribution < 1.29 is 5.11 Å². The van der Waals surface area contributed by atoms with E-state index in [1.807, 2.05) is 0 Å². The largest absolute Gasteiger partial charge is 0.390 e. The van der Waals surface area contributed by atoms with Crippen LogP contribution in [0.15, 0.2) is 23.3 Å². The van der Waals surface area contributed by atoms with E-state index in [9.17, 15) is 5.11 Å². The molecule has 0 spiro atoms. The Balaban J connectivity index is 1.73. The van der Waals surface area contributed by atoms with E-state index in [-0.39, 0.29) is 5.60 Å². The first-order valence-electron chi connectivity index (χ1n) is 8.23. The summed E-state index contributed by atoms with van der Waals surface area (Å²) in [7, 11) is 0. The lowest BCUT2D eigenvalue weighted by Gasteiger charge is -2.34. The average molecular weight is 277 g/mol. The monoisotopic (exact) mass is 277 g/mol. The number of aliphatic hydroxyl groups is 1. The van der Waals surface area contributed by atoms with Crippen molar-refractivity contribution in [1.82, 2.24) is 4.90 Å². The Morgan fingerprint density at radius 3 is 2.65 bits per heavy atom. The fraction of sp³-hybridized carbons (Fsp3) is 0.778. The van der Waals surface area contributed by atoms with Crippen LogP contribution in [0, 0.1) is 5.92 Å². The highest BCUT2D eigenvalue weighted by atomic mass is 16.3. The van der Waals surface area contributed by atoms with Gasteiger partial charge in [-0.1, -0.05) is 23.3 Å². The van der Waals surface area contributed by atoms with Crippen LogP contribution in [-0.2, 0) is 0 Å². The number of rotatable bonds is 6. The molecule has 2 rings (SSSR count). The third-order valence-electron chi connectivity index (χ3n) is 4.82. The van der Waals surface area contributed by atoms with E-state index in [1.54, 1.807) is 0 Å². The lowest BCUT2D eigenvalue weighted by Crippen LogP contribution is -2.41. The summed E-state index contributed by atoms with van der Waals surface area (Å²) in [5, 5.41) is 10.3. The van der Waals surface area contributed by atoms with E-state index in [1.165, 1.54) is 37.0 Å². The molecule has 1 aliphatic carbocycles. The van der Waals surface area contributed by atoms with Gasteiger partial charge in [-0.25, -0.2) is 0 Å². The van der Waals surface area contributed by atoms with Gasteiger partial charge < -0.3 is 5.11 Å². The SMILES string of the molecule is CC(C)=CCC/C(C)=C/CN1CCCC(C2(O)CC2)C1. The second-order valence-electron chi connectivity index (χ2n) is 7.07. The summed E-state index contributed by atoms with van der Waals surface area (Å²) in [4.78, 5) is 2.52. The molecule has 2 aliphatic rings. The summed E-state index contributed by atoms with van der Waals surface area (Å²) >= 11 is 0. The van der Waals surface area contributed by atoms with E-state index < -0.39 is 0 Å². The van der Waals surface area contributed by atoms with Gasteiger partial charge in [0.2, 0.25) is 0 Å². The van der Waals surface area contributed by atoms with E-state index in [2.05, 4.69) is 37.8 Å². The molecule has 114 valence electrons. The normalized spacial score (nSPS) is 26.4. The van der Waals surface area contributed by atoms with Gasteiger partial charge in [-0.15, -0.1) is 0 Å². The third kappa shape index (κ3) is 4.75. The Morgan fingerprint density at radius 1 is 1.25 bits per heavy atom. The Hall–Kier alpha value is -0.600. The van der Waals surface area contributed by atoms with Crippen molar-refractivity contribution in [2.45, 2.75) is 64.9 Å². The van der Waals surface area contributed by atoms with Crippen LogP contribution < -0.4 is 0 Å². The van der Waals surface area contributed by atoms with Crippen molar-refractivity contribution in [3.05, 3.63) is 23.3 Å². The zero-order chi connectivity index (χ0) is 14.6. The minimum absolute atomic E-state index is 0.291. The second kappa shape index (κ2) is 6.91. The van der Waals surface area contributed by atoms with Crippen LogP contribution in [0.2, 0.25) is 0 Å². The van der Waals surface area contributed by atoms with Crippen LogP contribution in [0.5, 0.6) is 0 Å². The summed E-state index contributed by atoms with van der Waals surface area (Å²) in [5.74, 6) is 0.524. The van der Waals surface area contributed by atoms with Crippen LogP contribution in [0.25, 0.3) is 0 Å². The van der Waals surface area contributed by atoms with Crippen LogP contribution in [0.1, 0.15) is 59.3 Å². The summed E-state index contributed by atoms with van der Waals surface area (Å²) in [6.07, 6.45) is 11.6. The summed E-state index contributed by atoms with van der Waals surface area (Å²) in [5.41, 5.74) is 2.62. The molecule has 1 atom stereocenters. The van der Waals surface area contributed by atoms with Gasteiger partial charge in [-0.2, -0.15) is 0 Å². The first kappa shape index (κ1) is 15.8. The molecule has 0 aromatic rings. The minimum atomic E-state index is -0.291. The maximum Gasteiger partial charge on any atom is 0.0690 e. The second-order valence-corrected chi connectivity index (χ2v) is 7.07. The molecule has 0 aromatic heterocycles. The fourth-order valence-electron chi connectivity index (χ4n) is 3.17. The topological polar surface area (TPSA) is 23.5 Å². The van der Waals surface area contributed by atoms with Gasteiger partial charge in [0, 0.05) is 19.0 Å². The van der Waals surface area contributed by atoms with Gasteiger partial charge in [0.1, 0.15) is 0 Å². The van der Waals surface area contributed by atoms with Crippen LogP contribution in [0.3, 0.4) is 0 Å². The zero-order valence-electron chi connectivity index (χ0n) is 13.5. The molecule has 2 nitrogen and oxygen atoms in total. The molecule has 20 heavy (non-hydrogen) atoms. The molecular weight excluding hydrogens is 246 g/mol. The molecule has 1 saturated heterocycles. The van der Waals surface area contributed by atoms with Gasteiger partial charge in [0.05, 0.1) is 5.60 Å². The molecule has 2 heteroatoms. The predicted octanol–water partition coefficient (Wildman–Crippen LogP) is 3.92.